The van der Waals surface area contributed by atoms with E-state index in [0.29, 0.717) is 0 Å². The molecule has 5 nitrogen and oxygen atoms in total. The van der Waals surface area contributed by atoms with Crippen molar-refractivity contribution in [3.63, 3.8) is 0 Å². The fourth-order valence-corrected chi connectivity index (χ4v) is 0.717. The Morgan fingerprint density at radius 3 is 2.50 bits per heavy atom. The molecule has 1 saturated heterocycles. The topological polar surface area (TPSA) is 83.8 Å². The van der Waals surface area contributed by atoms with E-state index in [1.807, 2.05) is 0 Å². The molecule has 0 saturated carbocycles. The van der Waals surface area contributed by atoms with Crippen LogP contribution in [-0.2, 0) is 14.3 Å². The summed E-state index contributed by atoms with van der Waals surface area (Å²) in [6, 6.07) is 0. The minimum atomic E-state index is -1.26. The van der Waals surface area contributed by atoms with Crippen LogP contribution in [0.15, 0.2) is 0 Å². The summed E-state index contributed by atoms with van der Waals surface area (Å²) in [6.45, 7) is 0. The van der Waals surface area contributed by atoms with Crippen molar-refractivity contribution in [2.75, 3.05) is 0 Å². The molecule has 0 aromatic carbocycles. The third-order valence-corrected chi connectivity index (χ3v) is 1.24. The van der Waals surface area contributed by atoms with E-state index < -0.39 is 24.1 Å². The number of aliphatic carboxylic acids is 1. The number of ether oxygens (including phenoxy) is 1. The van der Waals surface area contributed by atoms with E-state index in [1.54, 1.807) is 0 Å². The van der Waals surface area contributed by atoms with Crippen molar-refractivity contribution in [3.8, 4) is 0 Å². The quantitative estimate of drug-likeness (QED) is 0.451. The van der Waals surface area contributed by atoms with E-state index in [9.17, 15) is 9.59 Å². The van der Waals surface area contributed by atoms with Gasteiger partial charge in [-0.2, -0.15) is 0 Å². The van der Waals surface area contributed by atoms with Crippen molar-refractivity contribution in [2.24, 2.45) is 0 Å². The van der Waals surface area contributed by atoms with Crippen LogP contribution in [0.3, 0.4) is 0 Å². The van der Waals surface area contributed by atoms with Gasteiger partial charge in [0.2, 0.25) is 6.10 Å². The molecule has 5 heteroatoms. The van der Waals surface area contributed by atoms with Crippen LogP contribution in [0.25, 0.3) is 0 Å². The lowest BCUT2D eigenvalue weighted by Crippen LogP contribution is -2.18. The van der Waals surface area contributed by atoms with Gasteiger partial charge in [0.25, 0.3) is 0 Å². The Bertz CT molecular complexity index is 175. The summed E-state index contributed by atoms with van der Waals surface area (Å²) in [7, 11) is 0. The maximum atomic E-state index is 10.4. The number of carboxylic acid groups (broad SMARTS) is 1. The molecule has 0 bridgehead atoms. The Hall–Kier alpha value is -1.10. The monoisotopic (exact) mass is 146 g/mol. The number of carbonyl (C=O) groups excluding carboxylic acids is 1. The van der Waals surface area contributed by atoms with Crippen molar-refractivity contribution < 1.29 is 24.5 Å². The summed E-state index contributed by atoms with van der Waals surface area (Å²) < 4.78 is 4.25. The van der Waals surface area contributed by atoms with Crippen LogP contribution >= 0.6 is 0 Å². The van der Waals surface area contributed by atoms with Gasteiger partial charge in [-0.25, -0.2) is 9.59 Å². The second-order valence-corrected chi connectivity index (χ2v) is 2.02. The van der Waals surface area contributed by atoms with Crippen LogP contribution in [-0.4, -0.2) is 34.4 Å². The second kappa shape index (κ2) is 2.26. The maximum absolute atomic E-state index is 10.4. The summed E-state index contributed by atoms with van der Waals surface area (Å²) >= 11 is 0. The molecule has 0 amide bonds. The number of aliphatic hydroxyl groups excluding tert-OH is 1. The Morgan fingerprint density at radius 1 is 1.70 bits per heavy atom. The Labute approximate surface area is 56.2 Å². The fourth-order valence-electron chi connectivity index (χ4n) is 0.717. The van der Waals surface area contributed by atoms with Crippen molar-refractivity contribution in [3.05, 3.63) is 0 Å². The molecular weight excluding hydrogens is 140 g/mol. The molecule has 2 unspecified atom stereocenters. The Balaban J connectivity index is 2.57. The summed E-state index contributed by atoms with van der Waals surface area (Å²) in [6.07, 6.45) is -2.57. The SMILES string of the molecule is O=C1OC(C(=O)O)CC1O. The minimum absolute atomic E-state index is 0.145. The number of hydrogen-bond donors (Lipinski definition) is 2. The molecule has 1 fully saturated rings. The van der Waals surface area contributed by atoms with Gasteiger partial charge in [-0.05, 0) is 0 Å². The first-order valence-corrected chi connectivity index (χ1v) is 2.72. The summed E-state index contributed by atoms with van der Waals surface area (Å²) in [5.74, 6) is -2.07. The lowest BCUT2D eigenvalue weighted by Gasteiger charge is -1.98. The standard InChI is InChI=1S/C5H6O5/c6-2-1-3(4(7)8)10-5(2)9/h2-3,6H,1H2,(H,7,8). The van der Waals surface area contributed by atoms with Crippen molar-refractivity contribution in [1.82, 2.24) is 0 Å². The summed E-state index contributed by atoms with van der Waals surface area (Å²) in [5.41, 5.74) is 0. The molecule has 1 aliphatic heterocycles. The highest BCUT2D eigenvalue weighted by Gasteiger charge is 2.37. The van der Waals surface area contributed by atoms with Gasteiger partial charge in [0.1, 0.15) is 0 Å². The van der Waals surface area contributed by atoms with Crippen LogP contribution in [0.1, 0.15) is 6.42 Å². The van der Waals surface area contributed by atoms with Crippen molar-refractivity contribution in [2.45, 2.75) is 18.6 Å². The smallest absolute Gasteiger partial charge is 0.345 e. The van der Waals surface area contributed by atoms with Gasteiger partial charge in [-0.3, -0.25) is 0 Å². The molecule has 1 heterocycles. The maximum Gasteiger partial charge on any atom is 0.345 e. The normalized spacial score (nSPS) is 31.9. The molecule has 0 aromatic rings. The predicted octanol–water partition coefficient (Wildman–Crippen LogP) is -1.25. The predicted molar refractivity (Wildman–Crippen MR) is 28.1 cm³/mol. The summed E-state index contributed by atoms with van der Waals surface area (Å²) in [5, 5.41) is 16.9. The molecule has 0 radical (unpaired) electrons. The number of carbonyl (C=O) groups is 2. The molecule has 2 atom stereocenters. The van der Waals surface area contributed by atoms with Crippen LogP contribution < -0.4 is 0 Å². The van der Waals surface area contributed by atoms with Crippen molar-refractivity contribution >= 4 is 11.9 Å². The van der Waals surface area contributed by atoms with E-state index >= 15 is 0 Å². The van der Waals surface area contributed by atoms with Gasteiger partial charge in [0, 0.05) is 6.42 Å². The molecule has 56 valence electrons. The fraction of sp³-hybridized carbons (Fsp3) is 0.600. The van der Waals surface area contributed by atoms with E-state index in [0.717, 1.165) is 0 Å². The van der Waals surface area contributed by atoms with Gasteiger partial charge < -0.3 is 14.9 Å². The van der Waals surface area contributed by atoms with Gasteiger partial charge in [0.05, 0.1) is 0 Å². The first-order valence-electron chi connectivity index (χ1n) is 2.72. The highest BCUT2D eigenvalue weighted by atomic mass is 16.6. The van der Waals surface area contributed by atoms with Gasteiger partial charge in [-0.15, -0.1) is 0 Å². The average molecular weight is 146 g/mol. The first kappa shape index (κ1) is 7.01. The van der Waals surface area contributed by atoms with Crippen LogP contribution in [0, 0.1) is 0 Å². The highest BCUT2D eigenvalue weighted by Crippen LogP contribution is 2.14. The molecule has 0 spiro atoms. The molecule has 1 aliphatic rings. The van der Waals surface area contributed by atoms with Crippen LogP contribution in [0.5, 0.6) is 0 Å². The van der Waals surface area contributed by atoms with Gasteiger partial charge in [-0.1, -0.05) is 0 Å². The molecule has 0 aliphatic carbocycles. The van der Waals surface area contributed by atoms with Gasteiger partial charge >= 0.3 is 11.9 Å². The highest BCUT2D eigenvalue weighted by molar-refractivity contribution is 5.84. The van der Waals surface area contributed by atoms with E-state index in [4.69, 9.17) is 10.2 Å². The number of cyclic esters (lactones) is 1. The largest absolute Gasteiger partial charge is 0.479 e. The zero-order valence-corrected chi connectivity index (χ0v) is 4.98. The van der Waals surface area contributed by atoms with E-state index in [2.05, 4.69) is 4.74 Å². The van der Waals surface area contributed by atoms with Crippen LogP contribution in [0.2, 0.25) is 0 Å². The molecular formula is C5H6O5. The number of rotatable bonds is 1. The third kappa shape index (κ3) is 1.08. The number of aliphatic hydroxyl groups is 1. The van der Waals surface area contributed by atoms with E-state index in [-0.39, 0.29) is 6.42 Å². The third-order valence-electron chi connectivity index (χ3n) is 1.24. The Kier molecular flexibility index (Phi) is 1.58. The minimum Gasteiger partial charge on any atom is -0.479 e. The Morgan fingerprint density at radius 2 is 2.30 bits per heavy atom. The number of esters is 1. The number of hydrogen-bond acceptors (Lipinski definition) is 4. The van der Waals surface area contributed by atoms with E-state index in [1.165, 1.54) is 0 Å². The van der Waals surface area contributed by atoms with Crippen molar-refractivity contribution in [1.29, 1.82) is 0 Å². The average Bonchev–Trinajstić information content (AvgIpc) is 2.13. The zero-order chi connectivity index (χ0) is 7.72. The lowest BCUT2D eigenvalue weighted by atomic mass is 10.2. The summed E-state index contributed by atoms with van der Waals surface area (Å²) in [4.78, 5) is 20.5. The first-order chi connectivity index (χ1) is 4.61. The molecule has 1 rings (SSSR count). The molecule has 2 N–H and O–H groups in total. The lowest BCUT2D eigenvalue weighted by molar-refractivity contribution is -0.158. The molecule has 10 heavy (non-hydrogen) atoms. The zero-order valence-electron chi connectivity index (χ0n) is 4.98. The van der Waals surface area contributed by atoms with Gasteiger partial charge in [0.15, 0.2) is 6.10 Å². The second-order valence-electron chi connectivity index (χ2n) is 2.02. The van der Waals surface area contributed by atoms with Crippen LogP contribution in [0.4, 0.5) is 0 Å². The number of carboxylic acids is 1. The molecule has 0 aromatic heterocycles.